The number of hydrogen-bond donors (Lipinski definition) is 2. The standard InChI is InChI=1S/C14H12F3N3S/c15-14(16,17)11-4-2-1-3-9(11)7-20-12-8-19-6-5-10(12)13(18)21/h1-6,8,20H,7H2,(H2,18,21). The van der Waals surface area contributed by atoms with Crippen LogP contribution in [0.15, 0.2) is 42.7 Å². The van der Waals surface area contributed by atoms with E-state index in [1.807, 2.05) is 0 Å². The second-order valence-electron chi connectivity index (χ2n) is 4.29. The molecule has 0 atom stereocenters. The molecule has 3 N–H and O–H groups in total. The van der Waals surface area contributed by atoms with Crippen LogP contribution in [0, 0.1) is 0 Å². The second-order valence-corrected chi connectivity index (χ2v) is 4.73. The lowest BCUT2D eigenvalue weighted by atomic mass is 10.1. The maximum atomic E-state index is 12.9. The Kier molecular flexibility index (Phi) is 4.42. The molecule has 1 aromatic carbocycles. The number of benzene rings is 1. The van der Waals surface area contributed by atoms with Gasteiger partial charge in [0.15, 0.2) is 0 Å². The zero-order valence-corrected chi connectivity index (χ0v) is 11.6. The van der Waals surface area contributed by atoms with Gasteiger partial charge in [0.05, 0.1) is 17.4 Å². The van der Waals surface area contributed by atoms with E-state index in [1.165, 1.54) is 24.5 Å². The summed E-state index contributed by atoms with van der Waals surface area (Å²) < 4.78 is 38.7. The predicted octanol–water partition coefficient (Wildman–Crippen LogP) is 3.35. The Morgan fingerprint density at radius 3 is 2.62 bits per heavy atom. The van der Waals surface area contributed by atoms with Crippen molar-refractivity contribution in [3.63, 3.8) is 0 Å². The van der Waals surface area contributed by atoms with Gasteiger partial charge in [-0.15, -0.1) is 0 Å². The molecule has 0 amide bonds. The zero-order valence-electron chi connectivity index (χ0n) is 10.8. The average molecular weight is 311 g/mol. The van der Waals surface area contributed by atoms with Crippen LogP contribution < -0.4 is 11.1 Å². The summed E-state index contributed by atoms with van der Waals surface area (Å²) in [6.07, 6.45) is -1.40. The van der Waals surface area contributed by atoms with E-state index in [9.17, 15) is 13.2 Å². The summed E-state index contributed by atoms with van der Waals surface area (Å²) in [6, 6.07) is 7.00. The summed E-state index contributed by atoms with van der Waals surface area (Å²) in [7, 11) is 0. The van der Waals surface area contributed by atoms with Crippen LogP contribution in [-0.2, 0) is 12.7 Å². The number of nitrogens with two attached hydrogens (primary N) is 1. The molecule has 1 heterocycles. The van der Waals surface area contributed by atoms with E-state index in [0.29, 0.717) is 11.3 Å². The van der Waals surface area contributed by atoms with Crippen LogP contribution in [0.1, 0.15) is 16.7 Å². The van der Waals surface area contributed by atoms with Crippen molar-refractivity contribution < 1.29 is 13.2 Å². The van der Waals surface area contributed by atoms with Crippen LogP contribution in [-0.4, -0.2) is 9.97 Å². The highest BCUT2D eigenvalue weighted by atomic mass is 32.1. The van der Waals surface area contributed by atoms with E-state index in [0.717, 1.165) is 6.07 Å². The fraction of sp³-hybridized carbons (Fsp3) is 0.143. The fourth-order valence-corrected chi connectivity index (χ4v) is 2.07. The summed E-state index contributed by atoms with van der Waals surface area (Å²) in [5, 5.41) is 2.89. The second kappa shape index (κ2) is 6.09. The van der Waals surface area contributed by atoms with Crippen LogP contribution in [0.3, 0.4) is 0 Å². The molecule has 2 aromatic rings. The number of nitrogens with zero attached hydrogens (tertiary/aromatic N) is 1. The third-order valence-electron chi connectivity index (χ3n) is 2.88. The lowest BCUT2D eigenvalue weighted by Gasteiger charge is -2.15. The minimum Gasteiger partial charge on any atom is -0.389 e. The summed E-state index contributed by atoms with van der Waals surface area (Å²) in [5.74, 6) is 0. The van der Waals surface area contributed by atoms with Gasteiger partial charge in [-0.2, -0.15) is 13.2 Å². The zero-order chi connectivity index (χ0) is 15.5. The topological polar surface area (TPSA) is 50.9 Å². The molecule has 0 aliphatic heterocycles. The lowest BCUT2D eigenvalue weighted by molar-refractivity contribution is -0.138. The van der Waals surface area contributed by atoms with Gasteiger partial charge >= 0.3 is 6.18 Å². The first-order chi connectivity index (χ1) is 9.89. The molecule has 0 aliphatic carbocycles. The quantitative estimate of drug-likeness (QED) is 0.850. The molecule has 0 unspecified atom stereocenters. The molecule has 0 saturated heterocycles. The molecule has 0 bridgehead atoms. The van der Waals surface area contributed by atoms with Crippen molar-refractivity contribution in [1.82, 2.24) is 4.98 Å². The van der Waals surface area contributed by atoms with Crippen LogP contribution >= 0.6 is 12.2 Å². The average Bonchev–Trinajstić information content (AvgIpc) is 2.44. The van der Waals surface area contributed by atoms with E-state index in [-0.39, 0.29) is 17.1 Å². The van der Waals surface area contributed by atoms with E-state index in [2.05, 4.69) is 10.3 Å². The molecule has 3 nitrogen and oxygen atoms in total. The first kappa shape index (κ1) is 15.2. The molecule has 0 fully saturated rings. The number of anilines is 1. The van der Waals surface area contributed by atoms with Crippen molar-refractivity contribution in [2.75, 3.05) is 5.32 Å². The summed E-state index contributed by atoms with van der Waals surface area (Å²) in [6.45, 7) is -0.00299. The van der Waals surface area contributed by atoms with Gasteiger partial charge in [0, 0.05) is 18.3 Å². The van der Waals surface area contributed by atoms with Gasteiger partial charge in [-0.3, -0.25) is 4.98 Å². The summed E-state index contributed by atoms with van der Waals surface area (Å²) >= 11 is 4.90. The van der Waals surface area contributed by atoms with Crippen molar-refractivity contribution in [2.45, 2.75) is 12.7 Å². The number of alkyl halides is 3. The minimum atomic E-state index is -4.39. The van der Waals surface area contributed by atoms with Crippen molar-refractivity contribution in [1.29, 1.82) is 0 Å². The SMILES string of the molecule is NC(=S)c1ccncc1NCc1ccccc1C(F)(F)F. The van der Waals surface area contributed by atoms with Crippen LogP contribution in [0.2, 0.25) is 0 Å². The minimum absolute atomic E-state index is 0.00299. The number of aromatic nitrogens is 1. The van der Waals surface area contributed by atoms with Crippen molar-refractivity contribution in [3.8, 4) is 0 Å². The van der Waals surface area contributed by atoms with Gasteiger partial charge in [0.1, 0.15) is 4.99 Å². The molecule has 110 valence electrons. The third kappa shape index (κ3) is 3.69. The van der Waals surface area contributed by atoms with Gasteiger partial charge in [0.2, 0.25) is 0 Å². The molecule has 0 radical (unpaired) electrons. The van der Waals surface area contributed by atoms with Gasteiger partial charge in [-0.25, -0.2) is 0 Å². The highest BCUT2D eigenvalue weighted by Crippen LogP contribution is 2.32. The molecular formula is C14H12F3N3S. The van der Waals surface area contributed by atoms with Crippen LogP contribution in [0.4, 0.5) is 18.9 Å². The molecule has 0 spiro atoms. The number of pyridine rings is 1. The number of rotatable bonds is 4. The number of halogens is 3. The maximum Gasteiger partial charge on any atom is 0.416 e. The highest BCUT2D eigenvalue weighted by Gasteiger charge is 2.32. The van der Waals surface area contributed by atoms with E-state index >= 15 is 0 Å². The van der Waals surface area contributed by atoms with Crippen LogP contribution in [0.25, 0.3) is 0 Å². The first-order valence-electron chi connectivity index (χ1n) is 6.02. The van der Waals surface area contributed by atoms with Gasteiger partial charge in [-0.1, -0.05) is 30.4 Å². The molecule has 0 aliphatic rings. The third-order valence-corrected chi connectivity index (χ3v) is 3.10. The Balaban J connectivity index is 2.24. The highest BCUT2D eigenvalue weighted by molar-refractivity contribution is 7.80. The van der Waals surface area contributed by atoms with Crippen molar-refractivity contribution >= 4 is 22.9 Å². The molecular weight excluding hydrogens is 299 g/mol. The van der Waals surface area contributed by atoms with Gasteiger partial charge in [-0.05, 0) is 17.7 Å². The number of hydrogen-bond acceptors (Lipinski definition) is 3. The normalized spacial score (nSPS) is 11.2. The Morgan fingerprint density at radius 1 is 1.24 bits per heavy atom. The van der Waals surface area contributed by atoms with Crippen molar-refractivity contribution in [3.05, 3.63) is 59.4 Å². The first-order valence-corrected chi connectivity index (χ1v) is 6.43. The Labute approximate surface area is 125 Å². The Morgan fingerprint density at radius 2 is 1.95 bits per heavy atom. The number of thiocarbonyl (C=S) groups is 1. The summed E-state index contributed by atoms with van der Waals surface area (Å²) in [5.41, 5.74) is 6.09. The van der Waals surface area contributed by atoms with E-state index in [1.54, 1.807) is 12.1 Å². The van der Waals surface area contributed by atoms with Crippen molar-refractivity contribution in [2.24, 2.45) is 5.73 Å². The smallest absolute Gasteiger partial charge is 0.389 e. The molecule has 21 heavy (non-hydrogen) atoms. The maximum absolute atomic E-state index is 12.9. The molecule has 1 aromatic heterocycles. The Bertz CT molecular complexity index is 656. The summed E-state index contributed by atoms with van der Waals surface area (Å²) in [4.78, 5) is 4.07. The largest absolute Gasteiger partial charge is 0.416 e. The Hall–Kier alpha value is -2.15. The molecule has 7 heteroatoms. The van der Waals surface area contributed by atoms with Crippen LogP contribution in [0.5, 0.6) is 0 Å². The lowest BCUT2D eigenvalue weighted by Crippen LogP contribution is -2.15. The molecule has 0 saturated carbocycles. The van der Waals surface area contributed by atoms with E-state index in [4.69, 9.17) is 18.0 Å². The monoisotopic (exact) mass is 311 g/mol. The molecule has 2 rings (SSSR count). The predicted molar refractivity (Wildman–Crippen MR) is 78.9 cm³/mol. The fourth-order valence-electron chi connectivity index (χ4n) is 1.89. The number of nitrogens with one attached hydrogen (secondary N) is 1. The van der Waals surface area contributed by atoms with Gasteiger partial charge < -0.3 is 11.1 Å². The van der Waals surface area contributed by atoms with E-state index < -0.39 is 11.7 Å². The van der Waals surface area contributed by atoms with Gasteiger partial charge in [0.25, 0.3) is 0 Å².